The summed E-state index contributed by atoms with van der Waals surface area (Å²) < 4.78 is 0. The van der Waals surface area contributed by atoms with E-state index in [9.17, 15) is 62.3 Å². The second-order valence-electron chi connectivity index (χ2n) is 27.9. The van der Waals surface area contributed by atoms with E-state index in [2.05, 4.69) is 76.0 Å². The van der Waals surface area contributed by atoms with Gasteiger partial charge < -0.3 is 91.2 Å². The lowest BCUT2D eigenvalue weighted by Gasteiger charge is -2.32. The van der Waals surface area contributed by atoms with Crippen molar-refractivity contribution in [1.29, 1.82) is 10.8 Å². The van der Waals surface area contributed by atoms with Gasteiger partial charge in [-0.05, 0) is 95.8 Å². The van der Waals surface area contributed by atoms with Crippen LogP contribution in [0.4, 0.5) is 0 Å². The van der Waals surface area contributed by atoms with E-state index in [1.807, 2.05) is 20.8 Å². The van der Waals surface area contributed by atoms with Crippen LogP contribution in [0, 0.1) is 34.5 Å². The molecule has 1 heterocycles. The summed E-state index contributed by atoms with van der Waals surface area (Å²) in [7, 11) is 1.41. The van der Waals surface area contributed by atoms with Crippen molar-refractivity contribution in [2.75, 3.05) is 26.7 Å². The highest BCUT2D eigenvalue weighted by Gasteiger charge is 2.42. The van der Waals surface area contributed by atoms with Gasteiger partial charge in [0.05, 0.1) is 6.42 Å². The number of likely N-dealkylation sites (tertiary alicyclic amines) is 1. The molecule has 1 rings (SSSR count). The fourth-order valence-electron chi connectivity index (χ4n) is 11.5. The highest BCUT2D eigenvalue weighted by Crippen LogP contribution is 2.22. The molecule has 0 aromatic rings. The first-order valence-corrected chi connectivity index (χ1v) is 36.6. The van der Waals surface area contributed by atoms with Gasteiger partial charge in [-0.1, -0.05) is 146 Å². The number of nitrogens with one attached hydrogen (secondary N) is 15. The Morgan fingerprint density at radius 3 is 1.35 bits per heavy atom. The number of hydrogen-bond donors (Lipinski definition) is 18. The minimum absolute atomic E-state index is 0.00183. The third kappa shape index (κ3) is 36.2. The monoisotopic (exact) mass is 1430 g/mol. The fourth-order valence-corrected chi connectivity index (χ4v) is 11.5. The molecule has 0 spiro atoms. The van der Waals surface area contributed by atoms with Crippen LogP contribution < -0.4 is 86.3 Å². The van der Waals surface area contributed by atoms with Gasteiger partial charge in [-0.2, -0.15) is 0 Å². The molecule has 0 radical (unpaired) electrons. The maximum Gasteiger partial charge on any atom is 0.245 e. The smallest absolute Gasteiger partial charge is 0.245 e. The number of amides is 13. The molecule has 0 aromatic carbocycles. The van der Waals surface area contributed by atoms with Gasteiger partial charge in [-0.15, -0.1) is 0 Å². The lowest BCUT2D eigenvalue weighted by molar-refractivity contribution is -0.143. The Balaban J connectivity index is 3.22. The highest BCUT2D eigenvalue weighted by molar-refractivity contribution is 6.00. The average Bonchev–Trinajstić information content (AvgIpc) is 1.76. The van der Waals surface area contributed by atoms with Crippen molar-refractivity contribution in [3.8, 4) is 0 Å². The molecule has 1 aliphatic rings. The van der Waals surface area contributed by atoms with Gasteiger partial charge >= 0.3 is 0 Å². The molecule has 0 aliphatic carbocycles. The van der Waals surface area contributed by atoms with E-state index < -0.39 is 162 Å². The summed E-state index contributed by atoms with van der Waals surface area (Å²) in [6.07, 6.45) is 16.3. The number of unbranched alkanes of at least 4 members (excludes halogenated alkanes) is 12. The lowest BCUT2D eigenvalue weighted by Crippen LogP contribution is -2.61. The number of guanidine groups is 2. The van der Waals surface area contributed by atoms with Crippen LogP contribution in [0.3, 0.4) is 0 Å². The van der Waals surface area contributed by atoms with Crippen LogP contribution in [0.5, 0.6) is 0 Å². The van der Waals surface area contributed by atoms with Crippen molar-refractivity contribution in [2.24, 2.45) is 40.9 Å². The third-order valence-corrected chi connectivity index (χ3v) is 17.8. The molecular formula is C69H127N19O13. The summed E-state index contributed by atoms with van der Waals surface area (Å²) in [4.78, 5) is 179. The van der Waals surface area contributed by atoms with E-state index in [0.29, 0.717) is 19.3 Å². The molecule has 0 unspecified atom stereocenters. The van der Waals surface area contributed by atoms with E-state index in [4.69, 9.17) is 28.0 Å². The van der Waals surface area contributed by atoms with Crippen molar-refractivity contribution in [3.63, 3.8) is 0 Å². The normalized spacial score (nSPS) is 16.0. The molecule has 1 saturated heterocycles. The van der Waals surface area contributed by atoms with Crippen LogP contribution in [0.25, 0.3) is 0 Å². The van der Waals surface area contributed by atoms with Crippen LogP contribution in [-0.2, 0) is 62.3 Å². The first-order valence-electron chi connectivity index (χ1n) is 36.6. The van der Waals surface area contributed by atoms with Crippen molar-refractivity contribution in [1.82, 2.24) is 74.0 Å². The van der Waals surface area contributed by atoms with Crippen molar-refractivity contribution < 1.29 is 62.3 Å². The molecule has 0 aromatic heterocycles. The van der Waals surface area contributed by atoms with Gasteiger partial charge in [0.2, 0.25) is 76.8 Å². The number of carbonyl (C=O) groups excluding carboxylic acids is 13. The van der Waals surface area contributed by atoms with E-state index in [1.165, 1.54) is 90.5 Å². The Kier molecular flexibility index (Phi) is 44.2. The zero-order chi connectivity index (χ0) is 76.5. The lowest BCUT2D eigenvalue weighted by atomic mass is 9.96. The van der Waals surface area contributed by atoms with Gasteiger partial charge in [-0.25, -0.2) is 0 Å². The van der Waals surface area contributed by atoms with Gasteiger partial charge in [0, 0.05) is 33.1 Å². The van der Waals surface area contributed by atoms with Crippen LogP contribution in [0.2, 0.25) is 0 Å². The Morgan fingerprint density at radius 1 is 0.446 bits per heavy atom. The molecule has 1 fully saturated rings. The van der Waals surface area contributed by atoms with Crippen molar-refractivity contribution >= 4 is 88.7 Å². The second-order valence-corrected chi connectivity index (χ2v) is 27.9. The summed E-state index contributed by atoms with van der Waals surface area (Å²) in [5.74, 6) is -11.8. The highest BCUT2D eigenvalue weighted by atomic mass is 16.2. The molecular weight excluding hydrogens is 1300 g/mol. The van der Waals surface area contributed by atoms with Crippen LogP contribution in [0.15, 0.2) is 0 Å². The van der Waals surface area contributed by atoms with E-state index in [1.54, 1.807) is 34.6 Å². The molecule has 13 amide bonds. The Hall–Kier alpha value is -8.35. The number of primary amides is 1. The SMILES string of the molecule is CCCCCCCCCCCCCCCC(=O)N[C@@H](C)C(=O)N[C@H](C(=O)N[C@H](C(=O)N[C@@H](CCCNC(=N)N)C(=O)N1CCC[C@H]1C(=O)N[C@H](C(=O)N[C@@H](C)C(=O)N[C@@H](CC(N)=O)C(=O)N[C@@H](C)C(=O)N[C@@H](CCCNC(=N)N)C(=O)N[C@@H](CC(C)C)C(=O)NC)C(C)C)C(C)C)[C@@H](C)CC. The molecule has 21 N–H and O–H groups in total. The molecule has 1 aliphatic heterocycles. The molecule has 576 valence electrons. The topological polar surface area (TPSA) is 507 Å². The Labute approximate surface area is 598 Å². The third-order valence-electron chi connectivity index (χ3n) is 17.8. The summed E-state index contributed by atoms with van der Waals surface area (Å²) in [5, 5.41) is 49.2. The van der Waals surface area contributed by atoms with E-state index >= 15 is 0 Å². The predicted octanol–water partition coefficient (Wildman–Crippen LogP) is 0.919. The molecule has 12 atom stereocenters. The standard InChI is InChI=1S/C69H127N19O13/c1-14-16-17-18-19-20-21-22-23-24-25-26-27-34-53(90)78-44(10)59(93)87-56(43(9)15-2)66(100)86-55(42(7)8)65(99)82-48(32-29-36-77-69(73)74)67(101)88-37-30-33-51(88)63(97)85-54(41(5)6)64(98)80-46(12)58(92)83-50(39-52(70)89)62(96)79-45(11)57(91)81-47(31-28-35-76-68(71)72)61(95)84-49(38-40(3)4)60(94)75-13/h40-51,54-56H,14-39H2,1-13H3,(H2,70,89)(H,75,94)(H,78,90)(H,79,96)(H,80,98)(H,81,91)(H,82,99)(H,83,92)(H,84,95)(H,85,97)(H,86,100)(H,87,93)(H4,71,72,76)(H4,73,74,77)/t43-,44-,45-,46-,47-,48-,49-,50-,51-,54-,55-,56-/m0/s1. The zero-order valence-electron chi connectivity index (χ0n) is 62.5. The molecule has 0 bridgehead atoms. The van der Waals surface area contributed by atoms with Crippen molar-refractivity contribution in [3.05, 3.63) is 0 Å². The van der Waals surface area contributed by atoms with Gasteiger partial charge in [0.15, 0.2) is 11.9 Å². The molecule has 101 heavy (non-hydrogen) atoms. The maximum atomic E-state index is 14.7. The predicted molar refractivity (Wildman–Crippen MR) is 386 cm³/mol. The van der Waals surface area contributed by atoms with E-state index in [-0.39, 0.29) is 88.3 Å². The first kappa shape index (κ1) is 90.7. The minimum atomic E-state index is -1.68. The summed E-state index contributed by atoms with van der Waals surface area (Å²) in [6.45, 7) is 20.6. The molecule has 32 heteroatoms. The molecule has 0 saturated carbocycles. The first-order chi connectivity index (χ1) is 47.6. The Bertz CT molecular complexity index is 2700. The number of hydrogen-bond acceptors (Lipinski definition) is 15. The number of carbonyl (C=O) groups is 13. The Morgan fingerprint density at radius 2 is 0.861 bits per heavy atom. The van der Waals surface area contributed by atoms with Crippen molar-refractivity contribution in [2.45, 2.75) is 297 Å². The number of likely N-dealkylation sites (N-methyl/N-ethyl adjacent to an activating group) is 1. The van der Waals surface area contributed by atoms with Gasteiger partial charge in [0.1, 0.15) is 66.5 Å². The van der Waals surface area contributed by atoms with Crippen LogP contribution in [-0.4, -0.2) is 187 Å². The van der Waals surface area contributed by atoms with Crippen LogP contribution >= 0.6 is 0 Å². The van der Waals surface area contributed by atoms with Crippen LogP contribution in [0.1, 0.15) is 231 Å². The van der Waals surface area contributed by atoms with Gasteiger partial charge in [0.25, 0.3) is 0 Å². The van der Waals surface area contributed by atoms with E-state index in [0.717, 1.165) is 19.3 Å². The largest absolute Gasteiger partial charge is 0.370 e. The quantitative estimate of drug-likeness (QED) is 0.0229. The summed E-state index contributed by atoms with van der Waals surface area (Å²) in [5.41, 5.74) is 16.4. The summed E-state index contributed by atoms with van der Waals surface area (Å²) >= 11 is 0. The fraction of sp³-hybridized carbons (Fsp3) is 0.783. The zero-order valence-corrected chi connectivity index (χ0v) is 62.5. The minimum Gasteiger partial charge on any atom is -0.370 e. The summed E-state index contributed by atoms with van der Waals surface area (Å²) in [6, 6.07) is -13.7. The molecule has 32 nitrogen and oxygen atoms in total. The number of nitrogens with two attached hydrogens (primary N) is 3. The maximum absolute atomic E-state index is 14.7. The number of nitrogens with zero attached hydrogens (tertiary/aromatic N) is 1. The average molecular weight is 1430 g/mol. The number of rotatable bonds is 51. The second kappa shape index (κ2) is 49.3. The van der Waals surface area contributed by atoms with Gasteiger partial charge in [-0.3, -0.25) is 73.1 Å².